The lowest BCUT2D eigenvalue weighted by molar-refractivity contribution is 0.623. The summed E-state index contributed by atoms with van der Waals surface area (Å²) >= 11 is 3.88. The second-order valence-electron chi connectivity index (χ2n) is 2.01. The number of rotatable bonds is 2. The van der Waals surface area contributed by atoms with E-state index in [-0.39, 0.29) is 5.82 Å². The fourth-order valence-corrected chi connectivity index (χ4v) is 2.26. The molecule has 0 nitrogen and oxygen atoms in total. The second-order valence-corrected chi connectivity index (χ2v) is 4.48. The van der Waals surface area contributed by atoms with Gasteiger partial charge in [0.05, 0.1) is 0 Å². The topological polar surface area (TPSA) is 0 Å². The molecule has 3 heteroatoms. The van der Waals surface area contributed by atoms with E-state index in [1.54, 1.807) is 23.9 Å². The summed E-state index contributed by atoms with van der Waals surface area (Å²) in [5.74, 6) is 0.834. The van der Waals surface area contributed by atoms with Crippen LogP contribution in [-0.4, -0.2) is 5.75 Å². The van der Waals surface area contributed by atoms with Crippen LogP contribution < -0.4 is 0 Å². The molecule has 0 amide bonds. The molecule has 0 spiro atoms. The Morgan fingerprint density at radius 2 is 2.27 bits per heavy atom. The van der Waals surface area contributed by atoms with Gasteiger partial charge in [-0.15, -0.1) is 11.8 Å². The molecular weight excluding hydrogens is 274 g/mol. The lowest BCUT2D eigenvalue weighted by Crippen LogP contribution is -1.81. The second kappa shape index (κ2) is 4.30. The SMILES string of the molecule is CCSc1cc(F)ccc1I. The highest BCUT2D eigenvalue weighted by molar-refractivity contribution is 14.1. The van der Waals surface area contributed by atoms with Crippen LogP contribution in [0.5, 0.6) is 0 Å². The molecule has 11 heavy (non-hydrogen) atoms. The van der Waals surface area contributed by atoms with Crippen LogP contribution in [0.3, 0.4) is 0 Å². The minimum atomic E-state index is -0.152. The van der Waals surface area contributed by atoms with Crippen LogP contribution in [0, 0.1) is 9.39 Å². The maximum atomic E-state index is 12.7. The van der Waals surface area contributed by atoms with Gasteiger partial charge in [0.1, 0.15) is 5.82 Å². The van der Waals surface area contributed by atoms with E-state index in [2.05, 4.69) is 29.5 Å². The highest BCUT2D eigenvalue weighted by atomic mass is 127. The summed E-state index contributed by atoms with van der Waals surface area (Å²) in [6, 6.07) is 4.87. The van der Waals surface area contributed by atoms with E-state index < -0.39 is 0 Å². The van der Waals surface area contributed by atoms with Gasteiger partial charge in [0.15, 0.2) is 0 Å². The van der Waals surface area contributed by atoms with E-state index in [1.807, 2.05) is 0 Å². The van der Waals surface area contributed by atoms with Crippen molar-refractivity contribution in [2.45, 2.75) is 11.8 Å². The number of halogens is 2. The molecule has 0 aliphatic rings. The molecule has 0 atom stereocenters. The van der Waals surface area contributed by atoms with Gasteiger partial charge in [0.2, 0.25) is 0 Å². The summed E-state index contributed by atoms with van der Waals surface area (Å²) < 4.78 is 13.8. The Hall–Kier alpha value is 0.230. The van der Waals surface area contributed by atoms with Crippen LogP contribution >= 0.6 is 34.4 Å². The normalized spacial score (nSPS) is 10.1. The maximum absolute atomic E-state index is 12.7. The molecule has 1 aromatic carbocycles. The maximum Gasteiger partial charge on any atom is 0.124 e. The van der Waals surface area contributed by atoms with E-state index in [4.69, 9.17) is 0 Å². The molecule has 0 fully saturated rings. The third-order valence-electron chi connectivity index (χ3n) is 1.19. The molecule has 0 bridgehead atoms. The largest absolute Gasteiger partial charge is 0.207 e. The molecule has 1 aromatic rings. The zero-order valence-electron chi connectivity index (χ0n) is 6.10. The first-order valence-electron chi connectivity index (χ1n) is 3.32. The quantitative estimate of drug-likeness (QED) is 0.590. The molecule has 0 N–H and O–H groups in total. The van der Waals surface area contributed by atoms with Crippen molar-refractivity contribution in [2.24, 2.45) is 0 Å². The number of thioether (sulfide) groups is 1. The standard InChI is InChI=1S/C8H8FIS/c1-2-11-8-5-6(9)3-4-7(8)10/h3-5H,2H2,1H3. The van der Waals surface area contributed by atoms with Crippen molar-refractivity contribution in [1.82, 2.24) is 0 Å². The van der Waals surface area contributed by atoms with Crippen molar-refractivity contribution in [1.29, 1.82) is 0 Å². The van der Waals surface area contributed by atoms with E-state index in [9.17, 15) is 4.39 Å². The summed E-state index contributed by atoms with van der Waals surface area (Å²) in [7, 11) is 0. The molecule has 0 aromatic heterocycles. The first-order valence-corrected chi connectivity index (χ1v) is 5.38. The third-order valence-corrected chi connectivity index (χ3v) is 3.44. The molecule has 0 heterocycles. The fraction of sp³-hybridized carbons (Fsp3) is 0.250. The van der Waals surface area contributed by atoms with E-state index in [0.717, 1.165) is 14.2 Å². The lowest BCUT2D eigenvalue weighted by atomic mass is 10.3. The monoisotopic (exact) mass is 282 g/mol. The van der Waals surface area contributed by atoms with Crippen molar-refractivity contribution in [3.63, 3.8) is 0 Å². The highest BCUT2D eigenvalue weighted by Crippen LogP contribution is 2.24. The molecule has 0 radical (unpaired) electrons. The van der Waals surface area contributed by atoms with Gasteiger partial charge >= 0.3 is 0 Å². The van der Waals surface area contributed by atoms with Crippen molar-refractivity contribution in [2.75, 3.05) is 5.75 Å². The highest BCUT2D eigenvalue weighted by Gasteiger charge is 1.99. The van der Waals surface area contributed by atoms with Crippen LogP contribution in [0.1, 0.15) is 6.92 Å². The minimum Gasteiger partial charge on any atom is -0.207 e. The molecule has 60 valence electrons. The molecule has 0 aliphatic heterocycles. The fourth-order valence-electron chi connectivity index (χ4n) is 0.743. The Labute approximate surface area is 83.7 Å². The molecule has 0 saturated heterocycles. The summed E-state index contributed by atoms with van der Waals surface area (Å²) in [5, 5.41) is 0. The Balaban J connectivity index is 2.93. The number of hydrogen-bond acceptors (Lipinski definition) is 1. The summed E-state index contributed by atoms with van der Waals surface area (Å²) in [6.07, 6.45) is 0. The third kappa shape index (κ3) is 2.63. The summed E-state index contributed by atoms with van der Waals surface area (Å²) in [6.45, 7) is 2.06. The van der Waals surface area contributed by atoms with E-state index >= 15 is 0 Å². The minimum absolute atomic E-state index is 0.152. The smallest absolute Gasteiger partial charge is 0.124 e. The molecule has 0 aliphatic carbocycles. The van der Waals surface area contributed by atoms with Gasteiger partial charge in [0.25, 0.3) is 0 Å². The average molecular weight is 282 g/mol. The van der Waals surface area contributed by atoms with Crippen LogP contribution in [0.4, 0.5) is 4.39 Å². The van der Waals surface area contributed by atoms with Gasteiger partial charge in [-0.25, -0.2) is 4.39 Å². The predicted octanol–water partition coefficient (Wildman–Crippen LogP) is 3.54. The Morgan fingerprint density at radius 3 is 2.91 bits per heavy atom. The van der Waals surface area contributed by atoms with Gasteiger partial charge in [-0.05, 0) is 46.5 Å². The zero-order chi connectivity index (χ0) is 8.27. The van der Waals surface area contributed by atoms with Gasteiger partial charge in [-0.1, -0.05) is 6.92 Å². The van der Waals surface area contributed by atoms with Gasteiger partial charge in [-0.3, -0.25) is 0 Å². The molecule has 0 saturated carbocycles. The Bertz CT molecular complexity index is 250. The Kier molecular flexibility index (Phi) is 3.65. The molecule has 0 unspecified atom stereocenters. The number of hydrogen-bond donors (Lipinski definition) is 0. The van der Waals surface area contributed by atoms with Gasteiger partial charge in [0, 0.05) is 8.47 Å². The number of benzene rings is 1. The van der Waals surface area contributed by atoms with Gasteiger partial charge < -0.3 is 0 Å². The molecular formula is C8H8FIS. The van der Waals surface area contributed by atoms with Gasteiger partial charge in [-0.2, -0.15) is 0 Å². The van der Waals surface area contributed by atoms with Crippen molar-refractivity contribution >= 4 is 34.4 Å². The molecule has 1 rings (SSSR count). The van der Waals surface area contributed by atoms with E-state index in [1.165, 1.54) is 6.07 Å². The predicted molar refractivity (Wildman–Crippen MR) is 55.5 cm³/mol. The van der Waals surface area contributed by atoms with Crippen LogP contribution in [0.15, 0.2) is 23.1 Å². The first kappa shape index (κ1) is 9.32. The summed E-state index contributed by atoms with van der Waals surface area (Å²) in [4.78, 5) is 1.04. The van der Waals surface area contributed by atoms with Crippen LogP contribution in [0.2, 0.25) is 0 Å². The van der Waals surface area contributed by atoms with Crippen molar-refractivity contribution in [3.8, 4) is 0 Å². The van der Waals surface area contributed by atoms with Crippen LogP contribution in [0.25, 0.3) is 0 Å². The zero-order valence-corrected chi connectivity index (χ0v) is 9.08. The first-order chi connectivity index (χ1) is 5.24. The lowest BCUT2D eigenvalue weighted by Gasteiger charge is -2.00. The average Bonchev–Trinajstić information content (AvgIpc) is 1.98. The van der Waals surface area contributed by atoms with E-state index in [0.29, 0.717) is 0 Å². The van der Waals surface area contributed by atoms with Crippen LogP contribution in [-0.2, 0) is 0 Å². The Morgan fingerprint density at radius 1 is 1.55 bits per heavy atom. The van der Waals surface area contributed by atoms with Crippen molar-refractivity contribution < 1.29 is 4.39 Å². The van der Waals surface area contributed by atoms with Crippen molar-refractivity contribution in [3.05, 3.63) is 27.6 Å². The summed E-state index contributed by atoms with van der Waals surface area (Å²) in [5.41, 5.74) is 0.